The molecule has 1 saturated heterocycles. The van der Waals surface area contributed by atoms with E-state index in [1.54, 1.807) is 4.90 Å². The Labute approximate surface area is 153 Å². The Morgan fingerprint density at radius 1 is 1.04 bits per heavy atom. The molecule has 1 aromatic rings. The Balaban J connectivity index is 1.51. The summed E-state index contributed by atoms with van der Waals surface area (Å²) < 4.78 is 0. The molecule has 1 spiro atoms. The van der Waals surface area contributed by atoms with Crippen LogP contribution in [0.3, 0.4) is 0 Å². The molecule has 0 aromatic heterocycles. The summed E-state index contributed by atoms with van der Waals surface area (Å²) in [4.78, 5) is 41.2. The molecule has 2 aliphatic heterocycles. The van der Waals surface area contributed by atoms with Gasteiger partial charge in [0.2, 0.25) is 5.91 Å². The third kappa shape index (κ3) is 2.87. The van der Waals surface area contributed by atoms with E-state index in [2.05, 4.69) is 5.32 Å². The molecule has 2 heterocycles. The number of carbonyl (C=O) groups is 3. The predicted octanol–water partition coefficient (Wildman–Crippen LogP) is 2.61. The number of carbonyl (C=O) groups excluding carboxylic acids is 3. The molecule has 0 atom stereocenters. The quantitative estimate of drug-likeness (QED) is 0.829. The van der Waals surface area contributed by atoms with E-state index in [4.69, 9.17) is 0 Å². The van der Waals surface area contributed by atoms with Gasteiger partial charge >= 0.3 is 6.03 Å². The summed E-state index contributed by atoms with van der Waals surface area (Å²) >= 11 is 0. The van der Waals surface area contributed by atoms with E-state index in [1.807, 2.05) is 24.3 Å². The summed E-state index contributed by atoms with van der Waals surface area (Å²) in [5, 5.41) is 2.90. The van der Waals surface area contributed by atoms with E-state index in [0.29, 0.717) is 19.4 Å². The number of aryl methyl sites for hydroxylation is 1. The van der Waals surface area contributed by atoms with Crippen molar-refractivity contribution < 1.29 is 14.4 Å². The van der Waals surface area contributed by atoms with Crippen LogP contribution in [-0.4, -0.2) is 41.4 Å². The highest BCUT2D eigenvalue weighted by molar-refractivity contribution is 6.10. The normalized spacial score (nSPS) is 22.2. The average molecular weight is 355 g/mol. The average Bonchev–Trinajstić information content (AvgIpc) is 2.83. The van der Waals surface area contributed by atoms with E-state index < -0.39 is 11.6 Å². The highest BCUT2D eigenvalue weighted by atomic mass is 16.2. The van der Waals surface area contributed by atoms with Crippen molar-refractivity contribution in [3.8, 4) is 0 Å². The molecule has 1 N–H and O–H groups in total. The Bertz CT molecular complexity index is 738. The van der Waals surface area contributed by atoms with Crippen LogP contribution in [0.2, 0.25) is 0 Å². The zero-order chi connectivity index (χ0) is 18.1. The van der Waals surface area contributed by atoms with Gasteiger partial charge in [-0.15, -0.1) is 0 Å². The van der Waals surface area contributed by atoms with E-state index >= 15 is 0 Å². The third-order valence-electron chi connectivity index (χ3n) is 5.91. The van der Waals surface area contributed by atoms with Crippen LogP contribution in [0, 0.1) is 0 Å². The number of benzene rings is 1. The molecule has 0 bridgehead atoms. The molecule has 6 nitrogen and oxygen atoms in total. The van der Waals surface area contributed by atoms with Gasteiger partial charge < -0.3 is 10.2 Å². The van der Waals surface area contributed by atoms with Crippen LogP contribution < -0.4 is 10.2 Å². The predicted molar refractivity (Wildman–Crippen MR) is 97.8 cm³/mol. The van der Waals surface area contributed by atoms with Crippen LogP contribution in [-0.2, 0) is 16.0 Å². The lowest BCUT2D eigenvalue weighted by Gasteiger charge is -2.30. The fraction of sp³-hybridized carbons (Fsp3) is 0.550. The Hall–Kier alpha value is -2.37. The van der Waals surface area contributed by atoms with Crippen molar-refractivity contribution in [2.24, 2.45) is 0 Å². The SMILES string of the molecule is O=C1NC2(CCCCCC2)C(=O)N1CC(=O)N1CCCc2ccccc21. The van der Waals surface area contributed by atoms with Crippen LogP contribution in [0.25, 0.3) is 0 Å². The highest BCUT2D eigenvalue weighted by Gasteiger charge is 2.51. The second kappa shape index (κ2) is 6.74. The minimum Gasteiger partial charge on any atom is -0.323 e. The zero-order valence-corrected chi connectivity index (χ0v) is 15.0. The van der Waals surface area contributed by atoms with Gasteiger partial charge in [-0.3, -0.25) is 14.5 Å². The maximum atomic E-state index is 13.0. The monoisotopic (exact) mass is 355 g/mol. The van der Waals surface area contributed by atoms with E-state index in [0.717, 1.165) is 54.7 Å². The minimum atomic E-state index is -0.784. The Morgan fingerprint density at radius 3 is 2.54 bits per heavy atom. The summed E-state index contributed by atoms with van der Waals surface area (Å²) in [6.07, 6.45) is 7.26. The molecule has 1 saturated carbocycles. The molecule has 1 aromatic carbocycles. The lowest BCUT2D eigenvalue weighted by atomic mass is 9.90. The standard InChI is InChI=1S/C20H25N3O3/c24-17(22-13-7-9-15-8-3-4-10-16(15)22)14-23-18(25)20(21-19(23)26)11-5-1-2-6-12-20/h3-4,8,10H,1-2,5-7,9,11-14H2,(H,21,26). The number of nitrogens with one attached hydrogen (secondary N) is 1. The van der Waals surface area contributed by atoms with Gasteiger partial charge in [0.05, 0.1) is 0 Å². The first-order chi connectivity index (χ1) is 12.6. The number of imide groups is 1. The maximum absolute atomic E-state index is 13.0. The second-order valence-corrected chi connectivity index (χ2v) is 7.60. The van der Waals surface area contributed by atoms with Gasteiger partial charge in [0.1, 0.15) is 12.1 Å². The molecule has 138 valence electrons. The van der Waals surface area contributed by atoms with Crippen LogP contribution in [0.4, 0.5) is 10.5 Å². The zero-order valence-electron chi connectivity index (χ0n) is 15.0. The minimum absolute atomic E-state index is 0.180. The first-order valence-corrected chi connectivity index (χ1v) is 9.63. The highest BCUT2D eigenvalue weighted by Crippen LogP contribution is 2.33. The summed E-state index contributed by atoms with van der Waals surface area (Å²) in [5.41, 5.74) is 1.26. The third-order valence-corrected chi connectivity index (χ3v) is 5.91. The van der Waals surface area contributed by atoms with Gasteiger partial charge in [0, 0.05) is 12.2 Å². The first kappa shape index (κ1) is 17.1. The topological polar surface area (TPSA) is 69.7 Å². The number of nitrogens with zero attached hydrogens (tertiary/aromatic N) is 2. The molecule has 26 heavy (non-hydrogen) atoms. The van der Waals surface area contributed by atoms with Crippen molar-refractivity contribution >= 4 is 23.5 Å². The molecule has 6 heteroatoms. The van der Waals surface area contributed by atoms with Gasteiger partial charge in [0.25, 0.3) is 5.91 Å². The largest absolute Gasteiger partial charge is 0.325 e. The van der Waals surface area contributed by atoms with Crippen LogP contribution >= 0.6 is 0 Å². The lowest BCUT2D eigenvalue weighted by molar-refractivity contribution is -0.134. The molecule has 2 fully saturated rings. The van der Waals surface area contributed by atoms with Gasteiger partial charge in [-0.2, -0.15) is 0 Å². The number of anilines is 1. The molecule has 4 rings (SSSR count). The number of hydrogen-bond donors (Lipinski definition) is 1. The fourth-order valence-electron chi connectivity index (χ4n) is 4.50. The fourth-order valence-corrected chi connectivity index (χ4v) is 4.50. The van der Waals surface area contributed by atoms with Crippen molar-refractivity contribution in [2.45, 2.75) is 56.9 Å². The van der Waals surface area contributed by atoms with Crippen molar-refractivity contribution in [1.29, 1.82) is 0 Å². The van der Waals surface area contributed by atoms with Gasteiger partial charge in [-0.05, 0) is 37.3 Å². The second-order valence-electron chi connectivity index (χ2n) is 7.60. The van der Waals surface area contributed by atoms with Gasteiger partial charge in [0.15, 0.2) is 0 Å². The van der Waals surface area contributed by atoms with Crippen molar-refractivity contribution in [2.75, 3.05) is 18.0 Å². The molecular weight excluding hydrogens is 330 g/mol. The number of hydrogen-bond acceptors (Lipinski definition) is 3. The number of fused-ring (bicyclic) bond motifs is 1. The van der Waals surface area contributed by atoms with Crippen molar-refractivity contribution in [1.82, 2.24) is 10.2 Å². The summed E-state index contributed by atoms with van der Waals surface area (Å²) in [7, 11) is 0. The molecule has 1 aliphatic carbocycles. The van der Waals surface area contributed by atoms with E-state index in [1.165, 1.54) is 0 Å². The summed E-state index contributed by atoms with van der Waals surface area (Å²) in [6.45, 7) is 0.450. The van der Waals surface area contributed by atoms with Crippen LogP contribution in [0.15, 0.2) is 24.3 Å². The maximum Gasteiger partial charge on any atom is 0.325 e. The summed E-state index contributed by atoms with van der Waals surface area (Å²) in [5.74, 6) is -0.408. The van der Waals surface area contributed by atoms with Crippen molar-refractivity contribution in [3.63, 3.8) is 0 Å². The number of rotatable bonds is 2. The summed E-state index contributed by atoms with van der Waals surface area (Å²) in [6, 6.07) is 7.43. The van der Waals surface area contributed by atoms with Crippen LogP contribution in [0.1, 0.15) is 50.5 Å². The van der Waals surface area contributed by atoms with Gasteiger partial charge in [-0.25, -0.2) is 4.79 Å². The Kier molecular flexibility index (Phi) is 4.42. The number of urea groups is 1. The van der Waals surface area contributed by atoms with Gasteiger partial charge in [-0.1, -0.05) is 43.9 Å². The molecule has 0 unspecified atom stereocenters. The number of amides is 4. The van der Waals surface area contributed by atoms with E-state index in [-0.39, 0.29) is 18.4 Å². The first-order valence-electron chi connectivity index (χ1n) is 9.63. The van der Waals surface area contributed by atoms with Crippen LogP contribution in [0.5, 0.6) is 0 Å². The van der Waals surface area contributed by atoms with E-state index in [9.17, 15) is 14.4 Å². The molecular formula is C20H25N3O3. The lowest BCUT2D eigenvalue weighted by Crippen LogP contribution is -2.48. The number of para-hydroxylation sites is 1. The molecule has 3 aliphatic rings. The molecule has 4 amide bonds. The van der Waals surface area contributed by atoms with Crippen molar-refractivity contribution in [3.05, 3.63) is 29.8 Å². The molecule has 0 radical (unpaired) electrons. The Morgan fingerprint density at radius 2 is 1.77 bits per heavy atom. The smallest absolute Gasteiger partial charge is 0.323 e.